The third-order valence-electron chi connectivity index (χ3n) is 5.05. The molecular formula is C17H24ClN3O. The van der Waals surface area contributed by atoms with Gasteiger partial charge < -0.3 is 11.1 Å². The minimum atomic E-state index is 0.00222. The minimum Gasteiger partial charge on any atom is -0.327 e. The number of carbonyl (C=O) groups excluding carboxylic acids is 1. The SMILES string of the molecule is Cc1cc(C)c(NC(=O)CN2CC3CCC(N)C3C2)c(Cl)c1. The second kappa shape index (κ2) is 6.19. The first kappa shape index (κ1) is 15.8. The van der Waals surface area contributed by atoms with E-state index in [2.05, 4.69) is 10.2 Å². The van der Waals surface area contributed by atoms with Crippen LogP contribution >= 0.6 is 11.6 Å². The van der Waals surface area contributed by atoms with Gasteiger partial charge in [0, 0.05) is 19.1 Å². The van der Waals surface area contributed by atoms with Crippen LogP contribution < -0.4 is 11.1 Å². The molecule has 22 heavy (non-hydrogen) atoms. The van der Waals surface area contributed by atoms with Gasteiger partial charge >= 0.3 is 0 Å². The zero-order chi connectivity index (χ0) is 15.9. The van der Waals surface area contributed by atoms with Gasteiger partial charge in [-0.05, 0) is 55.7 Å². The fraction of sp³-hybridized carbons (Fsp3) is 0.588. The summed E-state index contributed by atoms with van der Waals surface area (Å²) in [5, 5.41) is 3.57. The Labute approximate surface area is 137 Å². The molecule has 0 bridgehead atoms. The number of fused-ring (bicyclic) bond motifs is 1. The van der Waals surface area contributed by atoms with Crippen LogP contribution in [0.4, 0.5) is 5.69 Å². The number of hydrogen-bond donors (Lipinski definition) is 2. The van der Waals surface area contributed by atoms with E-state index in [1.807, 2.05) is 26.0 Å². The molecule has 4 nitrogen and oxygen atoms in total. The average molecular weight is 322 g/mol. The van der Waals surface area contributed by atoms with Gasteiger partial charge in [0.2, 0.25) is 5.91 Å². The summed E-state index contributed by atoms with van der Waals surface area (Å²) in [5.74, 6) is 1.24. The van der Waals surface area contributed by atoms with Crippen LogP contribution in [0, 0.1) is 25.7 Å². The molecule has 1 aliphatic carbocycles. The van der Waals surface area contributed by atoms with Gasteiger partial charge in [0.05, 0.1) is 17.3 Å². The number of likely N-dealkylation sites (tertiary alicyclic amines) is 1. The van der Waals surface area contributed by atoms with E-state index >= 15 is 0 Å². The number of nitrogens with one attached hydrogen (secondary N) is 1. The maximum atomic E-state index is 12.3. The Balaban J connectivity index is 1.60. The van der Waals surface area contributed by atoms with Gasteiger partial charge in [-0.2, -0.15) is 0 Å². The van der Waals surface area contributed by atoms with Gasteiger partial charge in [-0.25, -0.2) is 0 Å². The molecule has 1 saturated heterocycles. The Morgan fingerprint density at radius 2 is 2.14 bits per heavy atom. The van der Waals surface area contributed by atoms with E-state index in [4.69, 9.17) is 17.3 Å². The minimum absolute atomic E-state index is 0.00222. The summed E-state index contributed by atoms with van der Waals surface area (Å²) in [7, 11) is 0. The van der Waals surface area contributed by atoms with Crippen LogP contribution in [0.25, 0.3) is 0 Å². The number of benzene rings is 1. The number of amides is 1. The summed E-state index contributed by atoms with van der Waals surface area (Å²) in [5.41, 5.74) is 8.97. The van der Waals surface area contributed by atoms with E-state index in [0.717, 1.165) is 36.3 Å². The zero-order valence-corrected chi connectivity index (χ0v) is 14.0. The molecule has 1 saturated carbocycles. The van der Waals surface area contributed by atoms with E-state index in [1.165, 1.54) is 6.42 Å². The molecule has 1 aromatic rings. The molecule has 2 fully saturated rings. The molecule has 1 aromatic carbocycles. The molecule has 0 radical (unpaired) electrons. The van der Waals surface area contributed by atoms with Crippen molar-refractivity contribution >= 4 is 23.2 Å². The number of carbonyl (C=O) groups is 1. The number of rotatable bonds is 3. The van der Waals surface area contributed by atoms with E-state index in [-0.39, 0.29) is 5.91 Å². The molecule has 3 unspecified atom stereocenters. The van der Waals surface area contributed by atoms with Gasteiger partial charge in [0.1, 0.15) is 0 Å². The van der Waals surface area contributed by atoms with Crippen LogP contribution in [0.1, 0.15) is 24.0 Å². The molecule has 0 spiro atoms. The highest BCUT2D eigenvalue weighted by Crippen LogP contribution is 2.37. The number of aryl methyl sites for hydroxylation is 2. The van der Waals surface area contributed by atoms with Crippen LogP contribution in [0.5, 0.6) is 0 Å². The fourth-order valence-corrected chi connectivity index (χ4v) is 4.35. The van der Waals surface area contributed by atoms with E-state index < -0.39 is 0 Å². The van der Waals surface area contributed by atoms with Crippen molar-refractivity contribution in [2.75, 3.05) is 25.0 Å². The van der Waals surface area contributed by atoms with Gasteiger partial charge in [-0.3, -0.25) is 9.69 Å². The Hall–Kier alpha value is -1.10. The first-order chi connectivity index (χ1) is 10.4. The zero-order valence-electron chi connectivity index (χ0n) is 13.2. The van der Waals surface area contributed by atoms with Crippen LogP contribution in [-0.2, 0) is 4.79 Å². The summed E-state index contributed by atoms with van der Waals surface area (Å²) in [6, 6.07) is 4.22. The van der Waals surface area contributed by atoms with Gasteiger partial charge in [-0.1, -0.05) is 17.7 Å². The van der Waals surface area contributed by atoms with E-state index in [0.29, 0.717) is 29.4 Å². The average Bonchev–Trinajstić information content (AvgIpc) is 2.96. The number of halogens is 1. The van der Waals surface area contributed by atoms with Gasteiger partial charge in [0.25, 0.3) is 0 Å². The first-order valence-corrected chi connectivity index (χ1v) is 8.36. The molecule has 1 heterocycles. The third kappa shape index (κ3) is 3.14. The lowest BCUT2D eigenvalue weighted by atomic mass is 9.98. The normalized spacial score (nSPS) is 27.9. The highest BCUT2D eigenvalue weighted by atomic mass is 35.5. The molecular weight excluding hydrogens is 298 g/mol. The Bertz CT molecular complexity index is 566. The summed E-state index contributed by atoms with van der Waals surface area (Å²) >= 11 is 6.25. The Kier molecular flexibility index (Phi) is 4.44. The molecule has 3 atom stereocenters. The fourth-order valence-electron chi connectivity index (χ4n) is 3.98. The van der Waals surface area contributed by atoms with Crippen molar-refractivity contribution in [3.8, 4) is 0 Å². The molecule has 5 heteroatoms. The molecule has 1 aliphatic heterocycles. The number of anilines is 1. The standard InChI is InChI=1S/C17H24ClN3O/c1-10-5-11(2)17(14(18)6-10)20-16(22)9-21-7-12-3-4-15(19)13(12)8-21/h5-6,12-13,15H,3-4,7-9,19H2,1-2H3,(H,20,22). The second-order valence-corrected chi connectivity index (χ2v) is 7.25. The molecule has 0 aromatic heterocycles. The largest absolute Gasteiger partial charge is 0.327 e. The predicted molar refractivity (Wildman–Crippen MR) is 90.2 cm³/mol. The lowest BCUT2D eigenvalue weighted by Crippen LogP contribution is -2.34. The van der Waals surface area contributed by atoms with Crippen LogP contribution in [-0.4, -0.2) is 36.5 Å². The van der Waals surface area contributed by atoms with Crippen LogP contribution in [0.3, 0.4) is 0 Å². The molecule has 2 aliphatic rings. The summed E-state index contributed by atoms with van der Waals surface area (Å²) in [6.07, 6.45) is 2.33. The van der Waals surface area contributed by atoms with Crippen molar-refractivity contribution in [3.05, 3.63) is 28.3 Å². The Morgan fingerprint density at radius 3 is 2.82 bits per heavy atom. The van der Waals surface area contributed by atoms with Crippen molar-refractivity contribution in [1.29, 1.82) is 0 Å². The van der Waals surface area contributed by atoms with Crippen LogP contribution in [0.15, 0.2) is 12.1 Å². The maximum absolute atomic E-state index is 12.3. The van der Waals surface area contributed by atoms with Crippen molar-refractivity contribution in [2.45, 2.75) is 32.7 Å². The van der Waals surface area contributed by atoms with Crippen molar-refractivity contribution in [2.24, 2.45) is 17.6 Å². The topological polar surface area (TPSA) is 58.4 Å². The number of nitrogens with two attached hydrogens (primary N) is 1. The smallest absolute Gasteiger partial charge is 0.238 e. The molecule has 120 valence electrons. The van der Waals surface area contributed by atoms with Crippen LogP contribution in [0.2, 0.25) is 5.02 Å². The highest BCUT2D eigenvalue weighted by molar-refractivity contribution is 6.34. The molecule has 3 rings (SSSR count). The van der Waals surface area contributed by atoms with Gasteiger partial charge in [0.15, 0.2) is 0 Å². The first-order valence-electron chi connectivity index (χ1n) is 7.98. The van der Waals surface area contributed by atoms with E-state index in [9.17, 15) is 4.79 Å². The maximum Gasteiger partial charge on any atom is 0.238 e. The Morgan fingerprint density at radius 1 is 1.36 bits per heavy atom. The van der Waals surface area contributed by atoms with Gasteiger partial charge in [-0.15, -0.1) is 0 Å². The predicted octanol–water partition coefficient (Wildman–Crippen LogP) is 2.56. The second-order valence-electron chi connectivity index (χ2n) is 6.85. The lowest BCUT2D eigenvalue weighted by Gasteiger charge is -2.18. The third-order valence-corrected chi connectivity index (χ3v) is 5.35. The highest BCUT2D eigenvalue weighted by Gasteiger charge is 2.41. The number of hydrogen-bond acceptors (Lipinski definition) is 3. The lowest BCUT2D eigenvalue weighted by molar-refractivity contribution is -0.117. The summed E-state index contributed by atoms with van der Waals surface area (Å²) in [4.78, 5) is 14.5. The quantitative estimate of drug-likeness (QED) is 0.899. The monoisotopic (exact) mass is 321 g/mol. The molecule has 3 N–H and O–H groups in total. The summed E-state index contributed by atoms with van der Waals surface area (Å²) in [6.45, 7) is 6.32. The van der Waals surface area contributed by atoms with Crippen molar-refractivity contribution < 1.29 is 4.79 Å². The molecule has 1 amide bonds. The number of nitrogens with zero attached hydrogens (tertiary/aromatic N) is 1. The van der Waals surface area contributed by atoms with Crippen molar-refractivity contribution in [1.82, 2.24) is 4.90 Å². The van der Waals surface area contributed by atoms with E-state index in [1.54, 1.807) is 0 Å². The van der Waals surface area contributed by atoms with Crippen molar-refractivity contribution in [3.63, 3.8) is 0 Å². The summed E-state index contributed by atoms with van der Waals surface area (Å²) < 4.78 is 0.